The van der Waals surface area contributed by atoms with Gasteiger partial charge < -0.3 is 24.1 Å². The molecule has 1 N–H and O–H groups in total. The van der Waals surface area contributed by atoms with Crippen LogP contribution < -0.4 is 14.8 Å². The Hall–Kier alpha value is -3.36. The molecule has 0 aliphatic heterocycles. The average molecular weight is 425 g/mol. The predicted molar refractivity (Wildman–Crippen MR) is 116 cm³/mol. The number of hydrogen-bond donors (Lipinski definition) is 1. The van der Waals surface area contributed by atoms with Gasteiger partial charge in [-0.2, -0.15) is 9.97 Å². The summed E-state index contributed by atoms with van der Waals surface area (Å²) in [5.74, 6) is 0.123. The van der Waals surface area contributed by atoms with Gasteiger partial charge in [0.1, 0.15) is 0 Å². The quantitative estimate of drug-likeness (QED) is 0.434. The minimum Gasteiger partial charge on any atom is -0.467 e. The van der Waals surface area contributed by atoms with E-state index in [1.165, 1.54) is 50.9 Å². The second kappa shape index (κ2) is 9.20. The van der Waals surface area contributed by atoms with Crippen LogP contribution in [0.25, 0.3) is 10.9 Å². The third-order valence-electron chi connectivity index (χ3n) is 5.60. The molecule has 0 atom stereocenters. The van der Waals surface area contributed by atoms with Gasteiger partial charge in [-0.1, -0.05) is 0 Å². The molecule has 9 nitrogen and oxygen atoms in total. The lowest BCUT2D eigenvalue weighted by Gasteiger charge is -2.16. The van der Waals surface area contributed by atoms with Gasteiger partial charge in [-0.25, -0.2) is 4.79 Å². The smallest absolute Gasteiger partial charge is 0.337 e. The summed E-state index contributed by atoms with van der Waals surface area (Å²) in [4.78, 5) is 24.4. The lowest BCUT2D eigenvalue weighted by Crippen LogP contribution is -2.13. The van der Waals surface area contributed by atoms with Gasteiger partial charge in [0.05, 0.1) is 26.9 Å². The monoisotopic (exact) mass is 425 g/mol. The van der Waals surface area contributed by atoms with Gasteiger partial charge in [0.15, 0.2) is 0 Å². The number of fused-ring (bicyclic) bond motifs is 3. The van der Waals surface area contributed by atoms with Crippen LogP contribution >= 0.6 is 0 Å². The van der Waals surface area contributed by atoms with Crippen molar-refractivity contribution in [1.29, 1.82) is 0 Å². The molecule has 9 heteroatoms. The number of nitrogens with one attached hydrogen (secondary N) is 1. The van der Waals surface area contributed by atoms with Crippen LogP contribution in [0.15, 0.2) is 18.2 Å². The molecule has 0 radical (unpaired) electrons. The van der Waals surface area contributed by atoms with Crippen LogP contribution in [0.2, 0.25) is 0 Å². The first-order valence-corrected chi connectivity index (χ1v) is 10.4. The molecule has 0 saturated carbocycles. The van der Waals surface area contributed by atoms with Gasteiger partial charge in [0.25, 0.3) is 0 Å². The first kappa shape index (κ1) is 20.9. The number of aryl methyl sites for hydroxylation is 2. The summed E-state index contributed by atoms with van der Waals surface area (Å²) in [6.07, 6.45) is 5.36. The maximum absolute atomic E-state index is 12.0. The summed E-state index contributed by atoms with van der Waals surface area (Å²) < 4.78 is 17.5. The van der Waals surface area contributed by atoms with Crippen molar-refractivity contribution in [2.24, 2.45) is 0 Å². The number of aromatic nitrogens is 4. The second-order valence-electron chi connectivity index (χ2n) is 7.42. The topological polar surface area (TPSA) is 100 Å². The van der Waals surface area contributed by atoms with E-state index in [2.05, 4.69) is 24.8 Å². The Labute approximate surface area is 180 Å². The fraction of sp³-hybridized carbons (Fsp3) is 0.455. The van der Waals surface area contributed by atoms with Crippen LogP contribution in [0.5, 0.6) is 12.0 Å². The Kier molecular flexibility index (Phi) is 6.20. The number of rotatable bonds is 8. The van der Waals surface area contributed by atoms with Crippen molar-refractivity contribution in [2.45, 2.75) is 38.6 Å². The van der Waals surface area contributed by atoms with Crippen molar-refractivity contribution in [1.82, 2.24) is 19.5 Å². The van der Waals surface area contributed by atoms with E-state index in [9.17, 15) is 4.79 Å². The number of carbonyl (C=O) groups is 1. The molecule has 0 spiro atoms. The van der Waals surface area contributed by atoms with Crippen molar-refractivity contribution in [3.05, 3.63) is 35.0 Å². The van der Waals surface area contributed by atoms with Gasteiger partial charge >= 0.3 is 18.0 Å². The van der Waals surface area contributed by atoms with Gasteiger partial charge in [-0.05, 0) is 55.9 Å². The fourth-order valence-electron chi connectivity index (χ4n) is 4.17. The van der Waals surface area contributed by atoms with Crippen molar-refractivity contribution in [3.63, 3.8) is 0 Å². The maximum atomic E-state index is 12.0. The normalized spacial score (nSPS) is 13.0. The molecule has 2 heterocycles. The van der Waals surface area contributed by atoms with E-state index in [-0.39, 0.29) is 18.0 Å². The first-order valence-electron chi connectivity index (χ1n) is 10.4. The standard InChI is InChI=1S/C22H27N5O4/c1-29-19(28)14-9-10-18-16(13-14)15-7-4-5-8-17(15)27(18)12-6-11-23-20-24-21(30-2)26-22(25-20)31-3/h9-10,13H,4-8,11-12H2,1-3H3,(H,23,24,25,26). The number of methoxy groups -OCH3 is 3. The molecule has 164 valence electrons. The number of carbonyl (C=O) groups excluding carboxylic acids is 1. The van der Waals surface area contributed by atoms with Crippen LogP contribution in [-0.2, 0) is 24.1 Å². The van der Waals surface area contributed by atoms with Crippen molar-refractivity contribution < 1.29 is 19.0 Å². The Morgan fingerprint density at radius 3 is 2.52 bits per heavy atom. The van der Waals surface area contributed by atoms with E-state index in [1.54, 1.807) is 0 Å². The molecular formula is C22H27N5O4. The van der Waals surface area contributed by atoms with E-state index in [4.69, 9.17) is 14.2 Å². The van der Waals surface area contributed by atoms with Crippen molar-refractivity contribution >= 4 is 22.8 Å². The molecule has 0 bridgehead atoms. The zero-order valence-electron chi connectivity index (χ0n) is 18.1. The van der Waals surface area contributed by atoms with Crippen LogP contribution in [0.1, 0.15) is 40.9 Å². The molecule has 1 aliphatic carbocycles. The van der Waals surface area contributed by atoms with Crippen molar-refractivity contribution in [3.8, 4) is 12.0 Å². The summed E-state index contributed by atoms with van der Waals surface area (Å²) in [7, 11) is 4.42. The third kappa shape index (κ3) is 4.26. The van der Waals surface area contributed by atoms with E-state index in [0.29, 0.717) is 18.1 Å². The highest BCUT2D eigenvalue weighted by molar-refractivity contribution is 5.96. The largest absolute Gasteiger partial charge is 0.467 e. The van der Waals surface area contributed by atoms with Gasteiger partial charge in [-0.3, -0.25) is 0 Å². The zero-order chi connectivity index (χ0) is 21.8. The molecule has 0 amide bonds. The molecule has 0 fully saturated rings. The van der Waals surface area contributed by atoms with Crippen LogP contribution in [0.4, 0.5) is 5.95 Å². The third-order valence-corrected chi connectivity index (χ3v) is 5.60. The maximum Gasteiger partial charge on any atom is 0.337 e. The fourth-order valence-corrected chi connectivity index (χ4v) is 4.17. The zero-order valence-corrected chi connectivity index (χ0v) is 18.1. The Morgan fingerprint density at radius 1 is 1.06 bits per heavy atom. The Morgan fingerprint density at radius 2 is 1.81 bits per heavy atom. The lowest BCUT2D eigenvalue weighted by atomic mass is 9.95. The number of esters is 1. The lowest BCUT2D eigenvalue weighted by molar-refractivity contribution is 0.0601. The van der Waals surface area contributed by atoms with Gasteiger partial charge in [0.2, 0.25) is 5.95 Å². The summed E-state index contributed by atoms with van der Waals surface area (Å²) in [5, 5.41) is 4.38. The minimum absolute atomic E-state index is 0.209. The van der Waals surface area contributed by atoms with E-state index in [0.717, 1.165) is 31.2 Å². The summed E-state index contributed by atoms with van der Waals surface area (Å²) in [6.45, 7) is 1.54. The number of anilines is 1. The van der Waals surface area contributed by atoms with E-state index >= 15 is 0 Å². The molecule has 31 heavy (non-hydrogen) atoms. The SMILES string of the molecule is COC(=O)c1ccc2c(c1)c1c(n2CCCNc2nc(OC)nc(OC)n2)CCCC1. The molecule has 2 aromatic heterocycles. The van der Waals surface area contributed by atoms with Crippen molar-refractivity contribution in [2.75, 3.05) is 33.2 Å². The summed E-state index contributed by atoms with van der Waals surface area (Å²) in [6, 6.07) is 6.28. The van der Waals surface area contributed by atoms with Crippen LogP contribution in [0, 0.1) is 0 Å². The van der Waals surface area contributed by atoms with Gasteiger partial charge in [-0.15, -0.1) is 4.98 Å². The number of benzene rings is 1. The molecule has 1 aliphatic rings. The molecular weight excluding hydrogens is 398 g/mol. The highest BCUT2D eigenvalue weighted by atomic mass is 16.5. The molecule has 0 saturated heterocycles. The molecule has 0 unspecified atom stereocenters. The average Bonchev–Trinajstić information content (AvgIpc) is 3.14. The van der Waals surface area contributed by atoms with Gasteiger partial charge in [0, 0.05) is 29.7 Å². The Balaban J connectivity index is 1.51. The predicted octanol–water partition coefficient (Wildman–Crippen LogP) is 3.01. The summed E-state index contributed by atoms with van der Waals surface area (Å²) >= 11 is 0. The first-order chi connectivity index (χ1) is 15.1. The van der Waals surface area contributed by atoms with E-state index in [1.807, 2.05) is 18.2 Å². The number of ether oxygens (including phenoxy) is 3. The molecule has 3 aromatic rings. The highest BCUT2D eigenvalue weighted by Crippen LogP contribution is 2.33. The molecule has 4 rings (SSSR count). The minimum atomic E-state index is -0.299. The molecule has 1 aromatic carbocycles. The number of hydrogen-bond acceptors (Lipinski definition) is 8. The summed E-state index contributed by atoms with van der Waals surface area (Å²) in [5.41, 5.74) is 4.52. The second-order valence-corrected chi connectivity index (χ2v) is 7.42. The highest BCUT2D eigenvalue weighted by Gasteiger charge is 2.21. The van der Waals surface area contributed by atoms with Crippen LogP contribution in [-0.4, -0.2) is 53.4 Å². The number of nitrogens with zero attached hydrogens (tertiary/aromatic N) is 4. The Bertz CT molecular complexity index is 1070. The van der Waals surface area contributed by atoms with E-state index < -0.39 is 0 Å². The van der Waals surface area contributed by atoms with Crippen LogP contribution in [0.3, 0.4) is 0 Å².